The Morgan fingerprint density at radius 2 is 1.62 bits per heavy atom. The van der Waals surface area contributed by atoms with E-state index in [2.05, 4.69) is 5.32 Å². The molecular weight excluding hydrogens is 450 g/mol. The minimum absolute atomic E-state index is 0.158. The maximum atomic E-state index is 13.4. The Kier molecular flexibility index (Phi) is 7.50. The van der Waals surface area contributed by atoms with Gasteiger partial charge in [0.15, 0.2) is 0 Å². The van der Waals surface area contributed by atoms with Gasteiger partial charge in [0.25, 0.3) is 0 Å². The van der Waals surface area contributed by atoms with E-state index < -0.39 is 10.0 Å². The molecule has 1 aliphatic rings. The third-order valence-corrected chi connectivity index (χ3v) is 8.44. The first kappa shape index (κ1) is 24.5. The fourth-order valence-electron chi connectivity index (χ4n) is 4.00. The molecule has 9 heteroatoms. The van der Waals surface area contributed by atoms with Gasteiger partial charge in [-0.1, -0.05) is 17.7 Å². The van der Waals surface area contributed by atoms with Gasteiger partial charge in [0.1, 0.15) is 5.75 Å². The van der Waals surface area contributed by atoms with Crippen LogP contribution in [0, 0.1) is 27.7 Å². The molecule has 0 saturated carbocycles. The highest BCUT2D eigenvalue weighted by Gasteiger charge is 2.32. The van der Waals surface area contributed by atoms with Gasteiger partial charge in [0.2, 0.25) is 15.9 Å². The zero-order chi connectivity index (χ0) is 23.6. The number of benzene rings is 2. The summed E-state index contributed by atoms with van der Waals surface area (Å²) in [6, 6.07) is 7.04. The Labute approximate surface area is 195 Å². The first-order chi connectivity index (χ1) is 15.0. The standard InChI is InChI=1S/C23H30ClN3O4S/c1-15-12-16(2)18(4)23(17(15)3)32(29,30)27-10-8-26(9-11-27)14-22(28)25-20-13-19(24)6-7-21(20)31-5/h6-7,12-13H,8-11,14H2,1-5H3,(H,25,28). The van der Waals surface area contributed by atoms with Gasteiger partial charge in [-0.3, -0.25) is 9.69 Å². The van der Waals surface area contributed by atoms with Crippen LogP contribution in [0.15, 0.2) is 29.2 Å². The van der Waals surface area contributed by atoms with Crippen molar-refractivity contribution in [2.45, 2.75) is 32.6 Å². The molecule has 1 aliphatic heterocycles. The van der Waals surface area contributed by atoms with Gasteiger partial charge in [-0.05, 0) is 68.1 Å². The summed E-state index contributed by atoms with van der Waals surface area (Å²) in [6.45, 7) is 9.37. The van der Waals surface area contributed by atoms with E-state index in [0.717, 1.165) is 22.3 Å². The largest absolute Gasteiger partial charge is 0.495 e. The molecule has 2 aromatic carbocycles. The number of rotatable bonds is 6. The lowest BCUT2D eigenvalue weighted by molar-refractivity contribution is -0.117. The minimum atomic E-state index is -3.61. The SMILES string of the molecule is COc1ccc(Cl)cc1NC(=O)CN1CCN(S(=O)(=O)c2c(C)c(C)cc(C)c2C)CC1. The number of halogens is 1. The molecule has 1 amide bonds. The maximum absolute atomic E-state index is 13.4. The summed E-state index contributed by atoms with van der Waals surface area (Å²) in [6.07, 6.45) is 0. The molecule has 0 bridgehead atoms. The third-order valence-electron chi connectivity index (χ3n) is 6.03. The monoisotopic (exact) mass is 479 g/mol. The predicted octanol–water partition coefficient (Wildman–Crippen LogP) is 3.53. The van der Waals surface area contributed by atoms with Crippen molar-refractivity contribution in [3.8, 4) is 5.75 Å². The Morgan fingerprint density at radius 3 is 2.19 bits per heavy atom. The van der Waals surface area contributed by atoms with Crippen molar-refractivity contribution in [1.82, 2.24) is 9.21 Å². The molecule has 0 aromatic heterocycles. The van der Waals surface area contributed by atoms with Crippen LogP contribution in [0.3, 0.4) is 0 Å². The molecule has 1 N–H and O–H groups in total. The van der Waals surface area contributed by atoms with Crippen LogP contribution in [0.5, 0.6) is 5.75 Å². The van der Waals surface area contributed by atoms with Crippen LogP contribution in [-0.2, 0) is 14.8 Å². The number of aryl methyl sites for hydroxylation is 2. The van der Waals surface area contributed by atoms with Gasteiger partial charge < -0.3 is 10.1 Å². The normalized spacial score (nSPS) is 15.6. The molecule has 0 unspecified atom stereocenters. The van der Waals surface area contributed by atoms with Gasteiger partial charge in [-0.15, -0.1) is 0 Å². The Morgan fingerprint density at radius 1 is 1.03 bits per heavy atom. The zero-order valence-corrected chi connectivity index (χ0v) is 20.7. The number of piperazine rings is 1. The summed E-state index contributed by atoms with van der Waals surface area (Å²) >= 11 is 6.02. The van der Waals surface area contributed by atoms with Crippen molar-refractivity contribution < 1.29 is 17.9 Å². The lowest BCUT2D eigenvalue weighted by Gasteiger charge is -2.34. The van der Waals surface area contributed by atoms with E-state index in [0.29, 0.717) is 47.5 Å². The molecule has 7 nitrogen and oxygen atoms in total. The summed E-state index contributed by atoms with van der Waals surface area (Å²) in [5, 5.41) is 3.32. The molecule has 0 spiro atoms. The van der Waals surface area contributed by atoms with E-state index >= 15 is 0 Å². The molecule has 174 valence electrons. The van der Waals surface area contributed by atoms with E-state index in [-0.39, 0.29) is 12.5 Å². The predicted molar refractivity (Wildman–Crippen MR) is 127 cm³/mol. The Hall–Kier alpha value is -2.13. The Bertz CT molecular complexity index is 1100. The van der Waals surface area contributed by atoms with Crippen LogP contribution in [0.1, 0.15) is 22.3 Å². The van der Waals surface area contributed by atoms with Crippen molar-refractivity contribution in [2.24, 2.45) is 0 Å². The second kappa shape index (κ2) is 9.79. The lowest BCUT2D eigenvalue weighted by Crippen LogP contribution is -2.50. The van der Waals surface area contributed by atoms with Crippen LogP contribution in [0.2, 0.25) is 5.02 Å². The highest BCUT2D eigenvalue weighted by molar-refractivity contribution is 7.89. The van der Waals surface area contributed by atoms with Crippen molar-refractivity contribution in [3.63, 3.8) is 0 Å². The number of hydrogen-bond donors (Lipinski definition) is 1. The zero-order valence-electron chi connectivity index (χ0n) is 19.2. The van der Waals surface area contributed by atoms with Gasteiger partial charge in [0, 0.05) is 31.2 Å². The number of methoxy groups -OCH3 is 1. The summed E-state index contributed by atoms with van der Waals surface area (Å²) in [5.74, 6) is 0.320. The fraction of sp³-hybridized carbons (Fsp3) is 0.435. The molecule has 1 heterocycles. The van der Waals surface area contributed by atoms with Crippen LogP contribution < -0.4 is 10.1 Å². The molecule has 1 fully saturated rings. The number of ether oxygens (including phenoxy) is 1. The van der Waals surface area contributed by atoms with Gasteiger partial charge >= 0.3 is 0 Å². The number of amides is 1. The molecule has 0 radical (unpaired) electrons. The van der Waals surface area contributed by atoms with E-state index in [9.17, 15) is 13.2 Å². The number of carbonyl (C=O) groups excluding carboxylic acids is 1. The van der Waals surface area contributed by atoms with Gasteiger partial charge in [-0.25, -0.2) is 8.42 Å². The minimum Gasteiger partial charge on any atom is -0.495 e. The van der Waals surface area contributed by atoms with Gasteiger partial charge in [0.05, 0.1) is 24.2 Å². The summed E-state index contributed by atoms with van der Waals surface area (Å²) in [5.41, 5.74) is 4.04. The fourth-order valence-corrected chi connectivity index (χ4v) is 6.17. The first-order valence-corrected chi connectivity index (χ1v) is 12.3. The second-order valence-corrected chi connectivity index (χ2v) is 10.5. The molecule has 1 saturated heterocycles. The number of nitrogens with zero attached hydrogens (tertiary/aromatic N) is 2. The molecule has 0 aliphatic carbocycles. The highest BCUT2D eigenvalue weighted by Crippen LogP contribution is 2.30. The molecule has 0 atom stereocenters. The summed E-state index contributed by atoms with van der Waals surface area (Å²) < 4.78 is 33.6. The average molecular weight is 480 g/mol. The van der Waals surface area contributed by atoms with Crippen LogP contribution in [0.4, 0.5) is 5.69 Å². The van der Waals surface area contributed by atoms with Gasteiger partial charge in [-0.2, -0.15) is 4.31 Å². The van der Waals surface area contributed by atoms with Crippen LogP contribution >= 0.6 is 11.6 Å². The van der Waals surface area contributed by atoms with E-state index in [4.69, 9.17) is 16.3 Å². The first-order valence-electron chi connectivity index (χ1n) is 10.5. The molecule has 32 heavy (non-hydrogen) atoms. The van der Waals surface area contributed by atoms with Crippen LogP contribution in [0.25, 0.3) is 0 Å². The van der Waals surface area contributed by atoms with Crippen molar-refractivity contribution in [1.29, 1.82) is 0 Å². The van der Waals surface area contributed by atoms with Crippen LogP contribution in [-0.4, -0.2) is 63.4 Å². The average Bonchev–Trinajstić information content (AvgIpc) is 2.73. The second-order valence-electron chi connectivity index (χ2n) is 8.16. The summed E-state index contributed by atoms with van der Waals surface area (Å²) in [4.78, 5) is 14.9. The number of anilines is 1. The number of nitrogens with one attached hydrogen (secondary N) is 1. The number of sulfonamides is 1. The lowest BCUT2D eigenvalue weighted by atomic mass is 10.0. The van der Waals surface area contributed by atoms with Crippen molar-refractivity contribution in [3.05, 3.63) is 51.5 Å². The molecule has 3 rings (SSSR count). The van der Waals surface area contributed by atoms with Crippen molar-refractivity contribution >= 4 is 33.2 Å². The maximum Gasteiger partial charge on any atom is 0.243 e. The highest BCUT2D eigenvalue weighted by atomic mass is 35.5. The van der Waals surface area contributed by atoms with E-state index in [1.807, 2.05) is 38.7 Å². The van der Waals surface area contributed by atoms with E-state index in [1.54, 1.807) is 18.2 Å². The quantitative estimate of drug-likeness (QED) is 0.685. The molecule has 2 aromatic rings. The number of hydrogen-bond acceptors (Lipinski definition) is 5. The topological polar surface area (TPSA) is 79.0 Å². The smallest absolute Gasteiger partial charge is 0.243 e. The molecular formula is C23H30ClN3O4S. The number of carbonyl (C=O) groups is 1. The Balaban J connectivity index is 1.66. The summed E-state index contributed by atoms with van der Waals surface area (Å²) in [7, 11) is -2.08. The third kappa shape index (κ3) is 5.09. The van der Waals surface area contributed by atoms with Crippen molar-refractivity contribution in [2.75, 3.05) is 45.2 Å². The van der Waals surface area contributed by atoms with E-state index in [1.165, 1.54) is 11.4 Å².